The zero-order valence-electron chi connectivity index (χ0n) is 13.3. The number of carbonyl (C=O) groups is 2. The SMILES string of the molecule is O=C1COc2cccc(NC(=O)NCc3ccc(C(F)(F)F)cc3)c2N1. The van der Waals surface area contributed by atoms with Crippen molar-refractivity contribution in [2.75, 3.05) is 17.2 Å². The van der Waals surface area contributed by atoms with Crippen molar-refractivity contribution in [2.45, 2.75) is 12.7 Å². The van der Waals surface area contributed by atoms with Crippen LogP contribution in [0.5, 0.6) is 5.75 Å². The molecule has 0 fully saturated rings. The predicted molar refractivity (Wildman–Crippen MR) is 87.9 cm³/mol. The van der Waals surface area contributed by atoms with Gasteiger partial charge in [0.1, 0.15) is 11.4 Å². The zero-order valence-corrected chi connectivity index (χ0v) is 13.3. The van der Waals surface area contributed by atoms with Crippen molar-refractivity contribution < 1.29 is 27.5 Å². The predicted octanol–water partition coefficient (Wildman–Crippen LogP) is 3.36. The molecule has 0 saturated heterocycles. The third kappa shape index (κ3) is 4.05. The molecule has 0 spiro atoms. The van der Waals surface area contributed by atoms with Crippen molar-refractivity contribution in [2.24, 2.45) is 0 Å². The Balaban J connectivity index is 1.61. The minimum atomic E-state index is -4.40. The molecule has 6 nitrogen and oxygen atoms in total. The minimum absolute atomic E-state index is 0.0435. The molecule has 1 aliphatic heterocycles. The topological polar surface area (TPSA) is 79.5 Å². The second kappa shape index (κ2) is 6.95. The van der Waals surface area contributed by atoms with Gasteiger partial charge in [-0.1, -0.05) is 18.2 Å². The van der Waals surface area contributed by atoms with E-state index in [1.54, 1.807) is 18.2 Å². The molecule has 9 heteroatoms. The van der Waals surface area contributed by atoms with Crippen molar-refractivity contribution >= 4 is 23.3 Å². The molecular formula is C17H14F3N3O3. The quantitative estimate of drug-likeness (QED) is 0.780. The molecule has 0 atom stereocenters. The van der Waals surface area contributed by atoms with Gasteiger partial charge >= 0.3 is 12.2 Å². The van der Waals surface area contributed by atoms with E-state index in [-0.39, 0.29) is 19.1 Å². The van der Waals surface area contributed by atoms with Crippen LogP contribution in [0.2, 0.25) is 0 Å². The maximum absolute atomic E-state index is 12.5. The molecule has 26 heavy (non-hydrogen) atoms. The number of halogens is 3. The number of benzene rings is 2. The first kappa shape index (κ1) is 17.6. The lowest BCUT2D eigenvalue weighted by Gasteiger charge is -2.21. The van der Waals surface area contributed by atoms with Gasteiger partial charge in [-0.15, -0.1) is 0 Å². The summed E-state index contributed by atoms with van der Waals surface area (Å²) in [6, 6.07) is 8.82. The van der Waals surface area contributed by atoms with E-state index in [9.17, 15) is 22.8 Å². The number of anilines is 2. The summed E-state index contributed by atoms with van der Waals surface area (Å²) in [5.74, 6) is 0.0991. The molecule has 0 unspecified atom stereocenters. The van der Waals surface area contributed by atoms with Gasteiger partial charge in [-0.2, -0.15) is 13.2 Å². The van der Waals surface area contributed by atoms with E-state index in [4.69, 9.17) is 4.74 Å². The summed E-state index contributed by atoms with van der Waals surface area (Å²) in [4.78, 5) is 23.5. The van der Waals surface area contributed by atoms with Crippen LogP contribution in [0, 0.1) is 0 Å². The third-order valence-corrected chi connectivity index (χ3v) is 3.63. The fourth-order valence-electron chi connectivity index (χ4n) is 2.36. The summed E-state index contributed by atoms with van der Waals surface area (Å²) in [5.41, 5.74) is 0.464. The molecule has 0 saturated carbocycles. The van der Waals surface area contributed by atoms with Gasteiger partial charge in [0, 0.05) is 6.54 Å². The Bertz CT molecular complexity index is 835. The lowest BCUT2D eigenvalue weighted by Crippen LogP contribution is -2.30. The number of fused-ring (bicyclic) bond motifs is 1. The number of ether oxygens (including phenoxy) is 1. The van der Waals surface area contributed by atoms with Crippen molar-refractivity contribution in [3.63, 3.8) is 0 Å². The van der Waals surface area contributed by atoms with Crippen molar-refractivity contribution in [3.8, 4) is 5.75 Å². The highest BCUT2D eigenvalue weighted by Crippen LogP contribution is 2.34. The zero-order chi connectivity index (χ0) is 18.7. The Morgan fingerprint density at radius 1 is 1.15 bits per heavy atom. The van der Waals surface area contributed by atoms with Crippen LogP contribution < -0.4 is 20.7 Å². The largest absolute Gasteiger partial charge is 0.481 e. The monoisotopic (exact) mass is 365 g/mol. The fraction of sp³-hybridized carbons (Fsp3) is 0.176. The standard InChI is InChI=1S/C17H14F3N3O3/c18-17(19,20)11-6-4-10(5-7-11)8-21-16(25)22-12-2-1-3-13-15(12)23-14(24)9-26-13/h1-7H,8-9H2,(H,23,24)(H2,21,22,25). The molecule has 0 aliphatic carbocycles. The molecule has 1 heterocycles. The Labute approximate surface area is 146 Å². The maximum Gasteiger partial charge on any atom is 0.416 e. The normalized spacial score (nSPS) is 13.3. The van der Waals surface area contributed by atoms with Gasteiger partial charge in [0.15, 0.2) is 6.61 Å². The van der Waals surface area contributed by atoms with E-state index in [1.165, 1.54) is 12.1 Å². The van der Waals surface area contributed by atoms with E-state index in [0.29, 0.717) is 22.7 Å². The second-order valence-corrected chi connectivity index (χ2v) is 5.52. The molecule has 0 radical (unpaired) electrons. The summed E-state index contributed by atoms with van der Waals surface area (Å²) < 4.78 is 42.8. The maximum atomic E-state index is 12.5. The Kier molecular flexibility index (Phi) is 4.70. The number of carbonyl (C=O) groups excluding carboxylic acids is 2. The smallest absolute Gasteiger partial charge is 0.416 e. The number of hydrogen-bond donors (Lipinski definition) is 3. The average molecular weight is 365 g/mol. The van der Waals surface area contributed by atoms with Gasteiger partial charge in [0.05, 0.1) is 11.3 Å². The van der Waals surface area contributed by atoms with Crippen molar-refractivity contribution in [1.29, 1.82) is 0 Å². The number of rotatable bonds is 3. The molecule has 1 aliphatic rings. The fourth-order valence-corrected chi connectivity index (χ4v) is 2.36. The highest BCUT2D eigenvalue weighted by Gasteiger charge is 2.29. The second-order valence-electron chi connectivity index (χ2n) is 5.52. The van der Waals surface area contributed by atoms with Gasteiger partial charge in [-0.05, 0) is 29.8 Å². The number of para-hydroxylation sites is 1. The summed E-state index contributed by atoms with van der Waals surface area (Å²) in [7, 11) is 0. The molecule has 0 aromatic heterocycles. The number of alkyl halides is 3. The van der Waals surface area contributed by atoms with Gasteiger partial charge in [0.25, 0.3) is 5.91 Å². The Morgan fingerprint density at radius 3 is 2.58 bits per heavy atom. The van der Waals surface area contributed by atoms with Crippen LogP contribution >= 0.6 is 0 Å². The molecule has 0 bridgehead atoms. The third-order valence-electron chi connectivity index (χ3n) is 3.63. The number of nitrogens with one attached hydrogen (secondary N) is 3. The van der Waals surface area contributed by atoms with Crippen LogP contribution in [0.25, 0.3) is 0 Å². The van der Waals surface area contributed by atoms with Crippen molar-refractivity contribution in [1.82, 2.24) is 5.32 Å². The summed E-state index contributed by atoms with van der Waals surface area (Å²) in [5, 5.41) is 7.73. The van der Waals surface area contributed by atoms with E-state index in [2.05, 4.69) is 16.0 Å². The molecule has 3 N–H and O–H groups in total. The Morgan fingerprint density at radius 2 is 1.88 bits per heavy atom. The van der Waals surface area contributed by atoms with E-state index in [0.717, 1.165) is 12.1 Å². The number of amides is 3. The van der Waals surface area contributed by atoms with Gasteiger partial charge in [-0.25, -0.2) is 4.79 Å². The van der Waals surface area contributed by atoms with Crippen LogP contribution in [0.15, 0.2) is 42.5 Å². The first-order valence-corrected chi connectivity index (χ1v) is 7.59. The molecule has 136 valence electrons. The summed E-state index contributed by atoms with van der Waals surface area (Å²) >= 11 is 0. The molecule has 3 amide bonds. The van der Waals surface area contributed by atoms with Gasteiger partial charge < -0.3 is 20.7 Å². The summed E-state index contributed by atoms with van der Waals surface area (Å²) in [6.07, 6.45) is -4.40. The highest BCUT2D eigenvalue weighted by molar-refractivity contribution is 6.02. The van der Waals surface area contributed by atoms with Crippen LogP contribution in [-0.2, 0) is 17.5 Å². The number of hydrogen-bond acceptors (Lipinski definition) is 3. The minimum Gasteiger partial charge on any atom is -0.481 e. The molecule has 3 rings (SSSR count). The van der Waals surface area contributed by atoms with Crippen LogP contribution in [0.4, 0.5) is 29.3 Å². The van der Waals surface area contributed by atoms with Gasteiger partial charge in [-0.3, -0.25) is 4.79 Å². The van der Waals surface area contributed by atoms with E-state index >= 15 is 0 Å². The Hall–Kier alpha value is -3.23. The number of urea groups is 1. The lowest BCUT2D eigenvalue weighted by molar-refractivity contribution is -0.137. The first-order valence-electron chi connectivity index (χ1n) is 7.59. The molecule has 2 aromatic rings. The molecule has 2 aromatic carbocycles. The highest BCUT2D eigenvalue weighted by atomic mass is 19.4. The van der Waals surface area contributed by atoms with E-state index in [1.807, 2.05) is 0 Å². The van der Waals surface area contributed by atoms with Crippen LogP contribution in [0.3, 0.4) is 0 Å². The first-order chi connectivity index (χ1) is 12.3. The van der Waals surface area contributed by atoms with Crippen molar-refractivity contribution in [3.05, 3.63) is 53.6 Å². The summed E-state index contributed by atoms with van der Waals surface area (Å²) in [6.45, 7) is -0.0571. The molecular weight excluding hydrogens is 351 g/mol. The average Bonchev–Trinajstić information content (AvgIpc) is 2.60. The van der Waals surface area contributed by atoms with E-state index < -0.39 is 17.8 Å². The lowest BCUT2D eigenvalue weighted by atomic mass is 10.1. The van der Waals surface area contributed by atoms with Crippen LogP contribution in [-0.4, -0.2) is 18.5 Å². The van der Waals surface area contributed by atoms with Gasteiger partial charge in [0.2, 0.25) is 0 Å². The van der Waals surface area contributed by atoms with Crippen LogP contribution in [0.1, 0.15) is 11.1 Å².